The summed E-state index contributed by atoms with van der Waals surface area (Å²) in [6.07, 6.45) is 2.42. The van der Waals surface area contributed by atoms with Gasteiger partial charge in [-0.15, -0.1) is 0 Å². The first-order valence-corrected chi connectivity index (χ1v) is 6.36. The summed E-state index contributed by atoms with van der Waals surface area (Å²) in [4.78, 5) is 0. The summed E-state index contributed by atoms with van der Waals surface area (Å²) in [5.41, 5.74) is 3.59. The van der Waals surface area contributed by atoms with Gasteiger partial charge in [-0.1, -0.05) is 18.2 Å². The monoisotopic (exact) mass is 230 g/mol. The lowest BCUT2D eigenvalue weighted by Gasteiger charge is -2.32. The minimum Gasteiger partial charge on any atom is -0.399 e. The van der Waals surface area contributed by atoms with Crippen LogP contribution in [-0.2, 0) is 22.2 Å². The van der Waals surface area contributed by atoms with Crippen LogP contribution in [0, 0.1) is 0 Å². The van der Waals surface area contributed by atoms with E-state index in [2.05, 4.69) is 45.9 Å². The van der Waals surface area contributed by atoms with Crippen LogP contribution in [0.4, 0.5) is 0 Å². The van der Waals surface area contributed by atoms with Gasteiger partial charge in [-0.25, -0.2) is 0 Å². The maximum Gasteiger partial charge on any atom is 0.494 e. The quantitative estimate of drug-likeness (QED) is 0.687. The molecule has 90 valence electrons. The second-order valence-electron chi connectivity index (χ2n) is 6.12. The predicted octanol–water partition coefficient (Wildman–Crippen LogP) is 2.08. The molecule has 1 aromatic rings. The molecule has 1 heterocycles. The molecular weight excluding hydrogens is 211 g/mol. The molecule has 0 unspecified atom stereocenters. The second-order valence-corrected chi connectivity index (χ2v) is 6.12. The molecule has 1 saturated heterocycles. The Morgan fingerprint density at radius 3 is 2.00 bits per heavy atom. The van der Waals surface area contributed by atoms with Crippen molar-refractivity contribution >= 4 is 12.6 Å². The van der Waals surface area contributed by atoms with E-state index in [0.717, 1.165) is 5.46 Å². The van der Waals surface area contributed by atoms with E-state index in [4.69, 9.17) is 9.31 Å². The molecule has 0 saturated carbocycles. The summed E-state index contributed by atoms with van der Waals surface area (Å²) in [6.45, 7) is 8.37. The van der Waals surface area contributed by atoms with Gasteiger partial charge >= 0.3 is 7.12 Å². The van der Waals surface area contributed by atoms with Crippen molar-refractivity contribution in [2.75, 3.05) is 0 Å². The van der Waals surface area contributed by atoms with E-state index in [0.29, 0.717) is 0 Å². The van der Waals surface area contributed by atoms with Crippen LogP contribution in [-0.4, -0.2) is 18.3 Å². The van der Waals surface area contributed by atoms with E-state index < -0.39 is 0 Å². The van der Waals surface area contributed by atoms with Gasteiger partial charge in [-0.3, -0.25) is 0 Å². The molecule has 1 fully saturated rings. The number of rotatable bonds is 1. The van der Waals surface area contributed by atoms with Crippen LogP contribution in [0.25, 0.3) is 0 Å². The number of hydrogen-bond donors (Lipinski definition) is 0. The molecular formula is C14H19BO2. The van der Waals surface area contributed by atoms with Gasteiger partial charge in [-0.05, 0) is 57.1 Å². The first-order valence-electron chi connectivity index (χ1n) is 6.36. The zero-order valence-electron chi connectivity index (χ0n) is 11.0. The van der Waals surface area contributed by atoms with E-state index in [-0.39, 0.29) is 18.3 Å². The Morgan fingerprint density at radius 1 is 0.941 bits per heavy atom. The number of benzene rings is 1. The lowest BCUT2D eigenvalue weighted by molar-refractivity contribution is 0.00578. The van der Waals surface area contributed by atoms with Gasteiger partial charge in [-0.2, -0.15) is 0 Å². The molecule has 17 heavy (non-hydrogen) atoms. The molecule has 2 nitrogen and oxygen atoms in total. The third kappa shape index (κ3) is 1.64. The first-order chi connectivity index (χ1) is 7.89. The van der Waals surface area contributed by atoms with Crippen molar-refractivity contribution in [3.05, 3.63) is 29.3 Å². The molecule has 0 bridgehead atoms. The molecule has 0 atom stereocenters. The van der Waals surface area contributed by atoms with Crippen molar-refractivity contribution in [3.8, 4) is 0 Å². The smallest absolute Gasteiger partial charge is 0.399 e. The van der Waals surface area contributed by atoms with Crippen molar-refractivity contribution in [2.24, 2.45) is 0 Å². The molecule has 2 aliphatic rings. The Morgan fingerprint density at radius 2 is 1.53 bits per heavy atom. The van der Waals surface area contributed by atoms with Gasteiger partial charge in [0.15, 0.2) is 0 Å². The van der Waals surface area contributed by atoms with Gasteiger partial charge in [0.05, 0.1) is 11.2 Å². The summed E-state index contributed by atoms with van der Waals surface area (Å²) in [7, 11) is -0.217. The van der Waals surface area contributed by atoms with Crippen LogP contribution in [0.5, 0.6) is 0 Å². The highest BCUT2D eigenvalue weighted by Gasteiger charge is 2.51. The summed E-state index contributed by atoms with van der Waals surface area (Å²) >= 11 is 0. The van der Waals surface area contributed by atoms with Crippen LogP contribution < -0.4 is 5.46 Å². The van der Waals surface area contributed by atoms with Gasteiger partial charge in [0.1, 0.15) is 0 Å². The second kappa shape index (κ2) is 3.36. The molecule has 0 amide bonds. The lowest BCUT2D eigenvalue weighted by atomic mass is 9.75. The lowest BCUT2D eigenvalue weighted by Crippen LogP contribution is -2.41. The van der Waals surface area contributed by atoms with Crippen molar-refractivity contribution in [1.82, 2.24) is 0 Å². The Labute approximate surface area is 103 Å². The summed E-state index contributed by atoms with van der Waals surface area (Å²) in [6, 6.07) is 6.58. The normalized spacial score (nSPS) is 24.4. The van der Waals surface area contributed by atoms with Gasteiger partial charge in [0.25, 0.3) is 0 Å². The molecule has 0 spiro atoms. The van der Waals surface area contributed by atoms with Crippen LogP contribution >= 0.6 is 0 Å². The van der Waals surface area contributed by atoms with Crippen LogP contribution in [0.2, 0.25) is 0 Å². The average molecular weight is 230 g/mol. The predicted molar refractivity (Wildman–Crippen MR) is 69.6 cm³/mol. The molecule has 0 radical (unpaired) electrons. The minimum absolute atomic E-state index is 0.217. The highest BCUT2D eigenvalue weighted by atomic mass is 16.7. The van der Waals surface area contributed by atoms with E-state index in [1.165, 1.54) is 24.0 Å². The van der Waals surface area contributed by atoms with Gasteiger partial charge in [0.2, 0.25) is 0 Å². The van der Waals surface area contributed by atoms with Crippen molar-refractivity contribution in [3.63, 3.8) is 0 Å². The first kappa shape index (κ1) is 11.3. The van der Waals surface area contributed by atoms with Crippen molar-refractivity contribution in [2.45, 2.75) is 51.7 Å². The molecule has 3 heteroatoms. The fourth-order valence-electron chi connectivity index (χ4n) is 2.34. The van der Waals surface area contributed by atoms with E-state index in [1.807, 2.05) is 0 Å². The summed E-state index contributed by atoms with van der Waals surface area (Å²) < 4.78 is 12.1. The minimum atomic E-state index is -0.249. The summed E-state index contributed by atoms with van der Waals surface area (Å²) in [5.74, 6) is 0. The Kier molecular flexibility index (Phi) is 2.24. The molecule has 1 aromatic carbocycles. The fourth-order valence-corrected chi connectivity index (χ4v) is 2.34. The van der Waals surface area contributed by atoms with Crippen LogP contribution in [0.3, 0.4) is 0 Å². The van der Waals surface area contributed by atoms with Crippen LogP contribution in [0.15, 0.2) is 18.2 Å². The van der Waals surface area contributed by atoms with E-state index in [1.54, 1.807) is 0 Å². The highest BCUT2D eigenvalue weighted by molar-refractivity contribution is 6.62. The zero-order chi connectivity index (χ0) is 12.3. The SMILES string of the molecule is CC1(C)OB(c2ccc3c(c2)CC3)OC1(C)C. The molecule has 1 aliphatic carbocycles. The number of aryl methyl sites for hydroxylation is 2. The molecule has 3 rings (SSSR count). The largest absolute Gasteiger partial charge is 0.494 e. The maximum absolute atomic E-state index is 6.05. The maximum atomic E-state index is 6.05. The molecule has 1 aliphatic heterocycles. The van der Waals surface area contributed by atoms with E-state index in [9.17, 15) is 0 Å². The van der Waals surface area contributed by atoms with Crippen molar-refractivity contribution < 1.29 is 9.31 Å². The molecule has 0 N–H and O–H groups in total. The summed E-state index contributed by atoms with van der Waals surface area (Å²) in [5, 5.41) is 0. The average Bonchev–Trinajstić information content (AvgIpc) is 2.38. The third-order valence-corrected chi connectivity index (χ3v) is 4.42. The Bertz CT molecular complexity index is 449. The van der Waals surface area contributed by atoms with Gasteiger partial charge < -0.3 is 9.31 Å². The van der Waals surface area contributed by atoms with Crippen molar-refractivity contribution in [1.29, 1.82) is 0 Å². The third-order valence-electron chi connectivity index (χ3n) is 4.42. The fraction of sp³-hybridized carbons (Fsp3) is 0.571. The Hall–Kier alpha value is -0.795. The standard InChI is InChI=1S/C14H19BO2/c1-13(2)14(3,4)17-15(16-13)12-8-7-10-5-6-11(10)9-12/h7-9H,5-6H2,1-4H3. The topological polar surface area (TPSA) is 18.5 Å². The van der Waals surface area contributed by atoms with Gasteiger partial charge in [0, 0.05) is 0 Å². The van der Waals surface area contributed by atoms with Crippen LogP contribution in [0.1, 0.15) is 38.8 Å². The number of fused-ring (bicyclic) bond motifs is 1. The zero-order valence-corrected chi connectivity index (χ0v) is 11.0. The molecule has 0 aromatic heterocycles. The Balaban J connectivity index is 1.89. The highest BCUT2D eigenvalue weighted by Crippen LogP contribution is 2.36. The van der Waals surface area contributed by atoms with E-state index >= 15 is 0 Å². The number of hydrogen-bond acceptors (Lipinski definition) is 2.